The molecule has 1 aliphatic carbocycles. The largest absolute Gasteiger partial charge is 0.328 e. The molecule has 0 spiro atoms. The van der Waals surface area contributed by atoms with Gasteiger partial charge in [0.25, 0.3) is 0 Å². The van der Waals surface area contributed by atoms with Crippen molar-refractivity contribution in [2.24, 2.45) is 0 Å². The first-order valence-electron chi connectivity index (χ1n) is 8.60. The van der Waals surface area contributed by atoms with Crippen molar-refractivity contribution in [2.45, 2.75) is 44.6 Å². The Bertz CT molecular complexity index is 774. The predicted molar refractivity (Wildman–Crippen MR) is 106 cm³/mol. The molecule has 3 rings (SSSR count). The molecular formula is C20H21BrN2OS. The summed E-state index contributed by atoms with van der Waals surface area (Å²) in [4.78, 5) is 19.3. The Balaban J connectivity index is 1.70. The van der Waals surface area contributed by atoms with Crippen molar-refractivity contribution in [3.63, 3.8) is 0 Å². The molecule has 0 N–H and O–H groups in total. The third-order valence-corrected chi connectivity index (χ3v) is 5.99. The zero-order valence-electron chi connectivity index (χ0n) is 14.1. The molecule has 130 valence electrons. The number of benzene rings is 1. The Hall–Kier alpha value is -1.64. The quantitative estimate of drug-likeness (QED) is 0.648. The van der Waals surface area contributed by atoms with Crippen LogP contribution in [0.25, 0.3) is 10.6 Å². The number of hydrogen-bond donors (Lipinski definition) is 0. The van der Waals surface area contributed by atoms with Crippen LogP contribution in [0.5, 0.6) is 0 Å². The van der Waals surface area contributed by atoms with Crippen LogP contribution in [0.2, 0.25) is 0 Å². The molecule has 1 aromatic heterocycles. The van der Waals surface area contributed by atoms with E-state index in [1.54, 1.807) is 11.3 Å². The number of halogens is 1. The summed E-state index contributed by atoms with van der Waals surface area (Å²) in [6.07, 6.45) is 11.6. The summed E-state index contributed by atoms with van der Waals surface area (Å²) in [5, 5.41) is 2.91. The second-order valence-electron chi connectivity index (χ2n) is 6.35. The zero-order valence-corrected chi connectivity index (χ0v) is 16.5. The lowest BCUT2D eigenvalue weighted by molar-refractivity contribution is -0.132. The molecule has 1 aromatic carbocycles. The van der Waals surface area contributed by atoms with Crippen LogP contribution in [-0.4, -0.2) is 28.4 Å². The topological polar surface area (TPSA) is 33.2 Å². The maximum atomic E-state index is 12.8. The molecule has 1 saturated carbocycles. The van der Waals surface area contributed by atoms with E-state index in [1.807, 2.05) is 34.5 Å². The number of thiazole rings is 1. The van der Waals surface area contributed by atoms with Gasteiger partial charge in [-0.25, -0.2) is 4.98 Å². The highest BCUT2D eigenvalue weighted by Crippen LogP contribution is 2.27. The van der Waals surface area contributed by atoms with Gasteiger partial charge < -0.3 is 4.90 Å². The van der Waals surface area contributed by atoms with Crippen molar-refractivity contribution in [3.8, 4) is 22.9 Å². The number of nitrogens with zero attached hydrogens (tertiary/aromatic N) is 2. The van der Waals surface area contributed by atoms with Gasteiger partial charge in [-0.3, -0.25) is 4.79 Å². The van der Waals surface area contributed by atoms with E-state index in [1.165, 1.54) is 19.3 Å². The average Bonchev–Trinajstić information content (AvgIpc) is 3.09. The summed E-state index contributed by atoms with van der Waals surface area (Å²) in [5.41, 5.74) is 1.88. The molecule has 0 unspecified atom stereocenters. The number of carbonyl (C=O) groups is 1. The minimum Gasteiger partial charge on any atom is -0.328 e. The van der Waals surface area contributed by atoms with Crippen molar-refractivity contribution in [2.75, 3.05) is 6.54 Å². The number of aromatic nitrogens is 1. The smallest absolute Gasteiger partial charge is 0.229 e. The maximum absolute atomic E-state index is 12.8. The van der Waals surface area contributed by atoms with Crippen LogP contribution in [0, 0.1) is 12.3 Å². The molecule has 3 nitrogen and oxygen atoms in total. The molecule has 0 radical (unpaired) electrons. The van der Waals surface area contributed by atoms with E-state index >= 15 is 0 Å². The minimum atomic E-state index is 0.0935. The standard InChI is InChI=1S/C20H21BrN2OS/c1-2-11-23(18-9-4-3-5-10-18)19(24)13-17-14-25-20(22-17)15-7-6-8-16(21)12-15/h1,6-8,12,14,18H,3-5,9-11,13H2. The monoisotopic (exact) mass is 416 g/mol. The Morgan fingerprint density at radius 2 is 2.16 bits per heavy atom. The molecular weight excluding hydrogens is 396 g/mol. The molecule has 0 aliphatic heterocycles. The lowest BCUT2D eigenvalue weighted by atomic mass is 9.94. The fourth-order valence-electron chi connectivity index (χ4n) is 3.31. The first kappa shape index (κ1) is 18.2. The van der Waals surface area contributed by atoms with E-state index in [0.29, 0.717) is 19.0 Å². The minimum absolute atomic E-state index is 0.0935. The van der Waals surface area contributed by atoms with Crippen LogP contribution < -0.4 is 0 Å². The predicted octanol–water partition coefficient (Wildman–Crippen LogP) is 4.91. The van der Waals surface area contributed by atoms with Crippen LogP contribution in [0.1, 0.15) is 37.8 Å². The van der Waals surface area contributed by atoms with Crippen molar-refractivity contribution in [1.82, 2.24) is 9.88 Å². The SMILES string of the molecule is C#CCN(C(=O)Cc1csc(-c2cccc(Br)c2)n1)C1CCCCC1. The first-order valence-corrected chi connectivity index (χ1v) is 10.3. The average molecular weight is 417 g/mol. The van der Waals surface area contributed by atoms with E-state index in [9.17, 15) is 4.79 Å². The highest BCUT2D eigenvalue weighted by Gasteiger charge is 2.25. The third-order valence-electron chi connectivity index (χ3n) is 4.55. The Kier molecular flexibility index (Phi) is 6.28. The molecule has 5 heteroatoms. The second-order valence-corrected chi connectivity index (χ2v) is 8.12. The van der Waals surface area contributed by atoms with E-state index in [4.69, 9.17) is 6.42 Å². The van der Waals surface area contributed by atoms with Crippen LogP contribution in [-0.2, 0) is 11.2 Å². The van der Waals surface area contributed by atoms with Crippen LogP contribution in [0.3, 0.4) is 0 Å². The van der Waals surface area contributed by atoms with Gasteiger partial charge in [0.2, 0.25) is 5.91 Å². The molecule has 1 amide bonds. The molecule has 0 bridgehead atoms. The lowest BCUT2D eigenvalue weighted by Gasteiger charge is -2.33. The maximum Gasteiger partial charge on any atom is 0.229 e. The highest BCUT2D eigenvalue weighted by molar-refractivity contribution is 9.10. The van der Waals surface area contributed by atoms with Gasteiger partial charge in [0.1, 0.15) is 5.01 Å². The summed E-state index contributed by atoms with van der Waals surface area (Å²) < 4.78 is 1.02. The van der Waals surface area contributed by atoms with Crippen LogP contribution >= 0.6 is 27.3 Å². The van der Waals surface area contributed by atoms with E-state index in [0.717, 1.165) is 33.6 Å². The van der Waals surface area contributed by atoms with Gasteiger partial charge in [0.05, 0.1) is 18.7 Å². The molecule has 1 heterocycles. The van der Waals surface area contributed by atoms with Gasteiger partial charge in [-0.15, -0.1) is 17.8 Å². The Labute approximate surface area is 161 Å². The van der Waals surface area contributed by atoms with Gasteiger partial charge in [-0.2, -0.15) is 0 Å². The number of rotatable bonds is 5. The molecule has 2 aromatic rings. The normalized spacial score (nSPS) is 14.9. The van der Waals surface area contributed by atoms with Crippen molar-refractivity contribution >= 4 is 33.2 Å². The van der Waals surface area contributed by atoms with Crippen LogP contribution in [0.4, 0.5) is 0 Å². The second kappa shape index (κ2) is 8.64. The van der Waals surface area contributed by atoms with Gasteiger partial charge in [0.15, 0.2) is 0 Å². The van der Waals surface area contributed by atoms with Crippen molar-refractivity contribution < 1.29 is 4.79 Å². The van der Waals surface area contributed by atoms with Gasteiger partial charge >= 0.3 is 0 Å². The van der Waals surface area contributed by atoms with E-state index < -0.39 is 0 Å². The third kappa shape index (κ3) is 4.71. The van der Waals surface area contributed by atoms with Gasteiger partial charge in [-0.1, -0.05) is 53.2 Å². The molecule has 1 aliphatic rings. The van der Waals surface area contributed by atoms with Crippen molar-refractivity contribution in [1.29, 1.82) is 0 Å². The number of terminal acetylenes is 1. The zero-order chi connectivity index (χ0) is 17.6. The fourth-order valence-corrected chi connectivity index (χ4v) is 4.53. The van der Waals surface area contributed by atoms with Gasteiger partial charge in [0, 0.05) is 21.5 Å². The number of amides is 1. The summed E-state index contributed by atoms with van der Waals surface area (Å²) >= 11 is 5.06. The van der Waals surface area contributed by atoms with Crippen molar-refractivity contribution in [3.05, 3.63) is 39.8 Å². The Morgan fingerprint density at radius 1 is 1.36 bits per heavy atom. The highest BCUT2D eigenvalue weighted by atomic mass is 79.9. The summed E-state index contributed by atoms with van der Waals surface area (Å²) in [7, 11) is 0. The van der Waals surface area contributed by atoms with E-state index in [-0.39, 0.29) is 5.91 Å². The molecule has 0 atom stereocenters. The molecule has 25 heavy (non-hydrogen) atoms. The Morgan fingerprint density at radius 3 is 2.88 bits per heavy atom. The summed E-state index contributed by atoms with van der Waals surface area (Å²) in [6.45, 7) is 0.395. The lowest BCUT2D eigenvalue weighted by Crippen LogP contribution is -2.42. The molecule has 0 saturated heterocycles. The first-order chi connectivity index (χ1) is 12.2. The molecule has 1 fully saturated rings. The number of hydrogen-bond acceptors (Lipinski definition) is 3. The summed E-state index contributed by atoms with van der Waals surface area (Å²) in [5.74, 6) is 2.74. The summed E-state index contributed by atoms with van der Waals surface area (Å²) in [6, 6.07) is 8.34. The van der Waals surface area contributed by atoms with E-state index in [2.05, 4.69) is 26.8 Å². The van der Waals surface area contributed by atoms with Gasteiger partial charge in [-0.05, 0) is 25.0 Å². The fraction of sp³-hybridized carbons (Fsp3) is 0.400. The number of carbonyl (C=O) groups excluding carboxylic acids is 1. The van der Waals surface area contributed by atoms with Crippen LogP contribution in [0.15, 0.2) is 34.1 Å².